The highest BCUT2D eigenvalue weighted by Crippen LogP contribution is 2.24. The van der Waals surface area contributed by atoms with Gasteiger partial charge in [-0.25, -0.2) is 8.42 Å². The van der Waals surface area contributed by atoms with Crippen LogP contribution in [0, 0.1) is 0 Å². The summed E-state index contributed by atoms with van der Waals surface area (Å²) in [7, 11) is -4.19. The molecule has 0 bridgehead atoms. The number of halogens is 3. The zero-order chi connectivity index (χ0) is 12.5. The third-order valence-corrected chi connectivity index (χ3v) is 4.52. The van der Waals surface area contributed by atoms with Gasteiger partial charge in [0.15, 0.2) is 9.84 Å². The van der Waals surface area contributed by atoms with Gasteiger partial charge in [-0.1, -0.05) is 0 Å². The molecule has 0 aliphatic heterocycles. The Morgan fingerprint density at radius 2 is 1.67 bits per heavy atom. The van der Waals surface area contributed by atoms with Crippen molar-refractivity contribution < 1.29 is 26.4 Å². The van der Waals surface area contributed by atoms with Gasteiger partial charge in [0.05, 0.1) is 12.2 Å². The van der Waals surface area contributed by atoms with E-state index >= 15 is 0 Å². The van der Waals surface area contributed by atoms with Crippen LogP contribution in [-0.2, 0) is 14.6 Å². The third kappa shape index (κ3) is 3.69. The van der Waals surface area contributed by atoms with Crippen LogP contribution in [0.15, 0.2) is 0 Å². The fourth-order valence-corrected chi connectivity index (χ4v) is 1.98. The minimum absolute atomic E-state index is 0.987. The molecule has 0 rings (SSSR count). The summed E-state index contributed by atoms with van der Waals surface area (Å²) in [4.78, 5) is 10.8. The molecule has 0 aromatic heterocycles. The van der Waals surface area contributed by atoms with Crippen molar-refractivity contribution in [1.82, 2.24) is 0 Å². The first-order chi connectivity index (χ1) is 6.40. The van der Waals surface area contributed by atoms with Gasteiger partial charge in [-0.2, -0.15) is 13.2 Å². The van der Waals surface area contributed by atoms with Crippen LogP contribution in [0.3, 0.4) is 0 Å². The van der Waals surface area contributed by atoms with Crippen molar-refractivity contribution in [2.45, 2.75) is 31.2 Å². The van der Waals surface area contributed by atoms with Gasteiger partial charge < -0.3 is 5.73 Å². The highest BCUT2D eigenvalue weighted by molar-refractivity contribution is 7.93. The van der Waals surface area contributed by atoms with Crippen molar-refractivity contribution in [3.05, 3.63) is 0 Å². The van der Waals surface area contributed by atoms with E-state index in [1.165, 1.54) is 0 Å². The molecular formula is C7H12F3NO3S. The van der Waals surface area contributed by atoms with Gasteiger partial charge >= 0.3 is 6.18 Å². The predicted octanol–water partition coefficient (Wildman–Crippen LogP) is 0.617. The molecule has 1 amide bonds. The molecule has 0 aromatic rings. The number of alkyl halides is 3. The van der Waals surface area contributed by atoms with Crippen molar-refractivity contribution in [1.29, 1.82) is 0 Å². The smallest absolute Gasteiger partial charge is 0.368 e. The fraction of sp³-hybridized carbons (Fsp3) is 0.857. The molecule has 90 valence electrons. The molecule has 4 nitrogen and oxygen atoms in total. The molecular weight excluding hydrogens is 235 g/mol. The van der Waals surface area contributed by atoms with E-state index in [0.29, 0.717) is 0 Å². The van der Waals surface area contributed by atoms with Gasteiger partial charge in [-0.3, -0.25) is 4.79 Å². The van der Waals surface area contributed by atoms with Crippen molar-refractivity contribution in [2.75, 3.05) is 5.75 Å². The Kier molecular flexibility index (Phi) is 3.78. The lowest BCUT2D eigenvalue weighted by molar-refractivity contribution is -0.130. The summed E-state index contributed by atoms with van der Waals surface area (Å²) in [5, 5.41) is 0. The Balaban J connectivity index is 4.80. The Bertz CT molecular complexity index is 345. The summed E-state index contributed by atoms with van der Waals surface area (Å²) in [5.74, 6) is -2.29. The van der Waals surface area contributed by atoms with Gasteiger partial charge in [0.1, 0.15) is 4.75 Å². The number of sulfone groups is 1. The largest absolute Gasteiger partial charge is 0.390 e. The summed E-state index contributed by atoms with van der Waals surface area (Å²) in [6.45, 7) is 1.97. The molecule has 0 unspecified atom stereocenters. The number of hydrogen-bond acceptors (Lipinski definition) is 3. The Labute approximate surface area is 85.6 Å². The molecule has 0 saturated carbocycles. The predicted molar refractivity (Wildman–Crippen MR) is 47.7 cm³/mol. The third-order valence-electron chi connectivity index (χ3n) is 2.03. The second-order valence-electron chi connectivity index (χ2n) is 3.56. The molecule has 0 aliphatic rings. The second kappa shape index (κ2) is 3.99. The Morgan fingerprint density at radius 1 is 1.27 bits per heavy atom. The number of hydrogen-bond donors (Lipinski definition) is 1. The minimum atomic E-state index is -4.57. The molecule has 0 saturated heterocycles. The van der Waals surface area contributed by atoms with Gasteiger partial charge in [-0.05, 0) is 13.8 Å². The maximum atomic E-state index is 11.8. The van der Waals surface area contributed by atoms with Crippen molar-refractivity contribution in [3.8, 4) is 0 Å². The van der Waals surface area contributed by atoms with Crippen molar-refractivity contribution >= 4 is 15.7 Å². The van der Waals surface area contributed by atoms with Gasteiger partial charge in [0, 0.05) is 0 Å². The van der Waals surface area contributed by atoms with Crippen LogP contribution < -0.4 is 5.73 Å². The average molecular weight is 247 g/mol. The average Bonchev–Trinajstić information content (AvgIpc) is 1.99. The number of carbonyl (C=O) groups excluding carboxylic acids is 1. The number of amides is 1. The van der Waals surface area contributed by atoms with E-state index in [1.807, 2.05) is 0 Å². The molecule has 0 atom stereocenters. The summed E-state index contributed by atoms with van der Waals surface area (Å²) < 4.78 is 56.1. The Hall–Kier alpha value is -0.790. The summed E-state index contributed by atoms with van der Waals surface area (Å²) in [6, 6.07) is 0. The molecule has 0 spiro atoms. The standard InChI is InChI=1S/C7H12F3NO3S/c1-6(2,5(11)12)15(13,14)4-3-7(8,9)10/h3-4H2,1-2H3,(H2,11,12). The van der Waals surface area contributed by atoms with Crippen molar-refractivity contribution in [2.24, 2.45) is 5.73 Å². The molecule has 0 heterocycles. The minimum Gasteiger partial charge on any atom is -0.368 e. The highest BCUT2D eigenvalue weighted by atomic mass is 32.2. The zero-order valence-corrected chi connectivity index (χ0v) is 9.07. The van der Waals surface area contributed by atoms with E-state index in [9.17, 15) is 26.4 Å². The van der Waals surface area contributed by atoms with E-state index in [0.717, 1.165) is 13.8 Å². The summed E-state index contributed by atoms with van der Waals surface area (Å²) in [6.07, 6.45) is -6.05. The van der Waals surface area contributed by atoms with Crippen LogP contribution in [0.1, 0.15) is 20.3 Å². The second-order valence-corrected chi connectivity index (χ2v) is 6.22. The van der Waals surface area contributed by atoms with Crippen LogP contribution in [0.5, 0.6) is 0 Å². The lowest BCUT2D eigenvalue weighted by Crippen LogP contribution is -2.46. The summed E-state index contributed by atoms with van der Waals surface area (Å²) in [5.41, 5.74) is 4.80. The van der Waals surface area contributed by atoms with Crippen LogP contribution >= 0.6 is 0 Å². The van der Waals surface area contributed by atoms with Crippen LogP contribution in [0.25, 0.3) is 0 Å². The number of carbonyl (C=O) groups is 1. The molecule has 2 N–H and O–H groups in total. The SMILES string of the molecule is CC(C)(C(N)=O)S(=O)(=O)CCC(F)(F)F. The first-order valence-electron chi connectivity index (χ1n) is 3.99. The van der Waals surface area contributed by atoms with Crippen LogP contribution in [-0.4, -0.2) is 31.0 Å². The van der Waals surface area contributed by atoms with E-state index in [1.54, 1.807) is 0 Å². The van der Waals surface area contributed by atoms with Crippen LogP contribution in [0.4, 0.5) is 13.2 Å². The van der Waals surface area contributed by atoms with E-state index < -0.39 is 38.8 Å². The van der Waals surface area contributed by atoms with E-state index in [-0.39, 0.29) is 0 Å². The molecule has 0 radical (unpaired) electrons. The molecule has 8 heteroatoms. The van der Waals surface area contributed by atoms with E-state index in [2.05, 4.69) is 0 Å². The number of nitrogens with two attached hydrogens (primary N) is 1. The van der Waals surface area contributed by atoms with Gasteiger partial charge in [0.2, 0.25) is 5.91 Å². The lowest BCUT2D eigenvalue weighted by atomic mass is 10.2. The van der Waals surface area contributed by atoms with Crippen LogP contribution in [0.2, 0.25) is 0 Å². The number of rotatable bonds is 4. The van der Waals surface area contributed by atoms with Gasteiger partial charge in [-0.15, -0.1) is 0 Å². The van der Waals surface area contributed by atoms with Crippen molar-refractivity contribution in [3.63, 3.8) is 0 Å². The molecule has 0 aliphatic carbocycles. The molecule has 0 aromatic carbocycles. The maximum absolute atomic E-state index is 11.8. The normalized spacial score (nSPS) is 13.9. The number of primary amides is 1. The Morgan fingerprint density at radius 3 is 1.93 bits per heavy atom. The maximum Gasteiger partial charge on any atom is 0.390 e. The monoisotopic (exact) mass is 247 g/mol. The summed E-state index contributed by atoms with van der Waals surface area (Å²) >= 11 is 0. The zero-order valence-electron chi connectivity index (χ0n) is 8.26. The highest BCUT2D eigenvalue weighted by Gasteiger charge is 2.42. The first kappa shape index (κ1) is 14.2. The molecule has 15 heavy (non-hydrogen) atoms. The van der Waals surface area contributed by atoms with Gasteiger partial charge in [0.25, 0.3) is 0 Å². The first-order valence-corrected chi connectivity index (χ1v) is 5.64. The fourth-order valence-electron chi connectivity index (χ4n) is 0.659. The van der Waals surface area contributed by atoms with E-state index in [4.69, 9.17) is 5.73 Å². The quantitative estimate of drug-likeness (QED) is 0.791. The molecule has 0 fully saturated rings. The lowest BCUT2D eigenvalue weighted by Gasteiger charge is -2.21. The topological polar surface area (TPSA) is 77.2 Å².